The van der Waals surface area contributed by atoms with Gasteiger partial charge in [-0.3, -0.25) is 4.79 Å². The Morgan fingerprint density at radius 1 is 1.18 bits per heavy atom. The third-order valence-corrected chi connectivity index (χ3v) is 5.29. The van der Waals surface area contributed by atoms with E-state index in [1.54, 1.807) is 13.3 Å². The second kappa shape index (κ2) is 8.44. The molecule has 0 bridgehead atoms. The first-order valence-corrected chi connectivity index (χ1v) is 9.82. The quantitative estimate of drug-likeness (QED) is 0.687. The Bertz CT molecular complexity index is 943. The van der Waals surface area contributed by atoms with Crippen molar-refractivity contribution in [3.05, 3.63) is 48.7 Å². The van der Waals surface area contributed by atoms with Crippen molar-refractivity contribution in [1.29, 1.82) is 0 Å². The third kappa shape index (κ3) is 4.02. The van der Waals surface area contributed by atoms with Crippen LogP contribution in [0.2, 0.25) is 0 Å². The molecule has 0 radical (unpaired) electrons. The lowest BCUT2D eigenvalue weighted by molar-refractivity contribution is -0.121. The van der Waals surface area contributed by atoms with E-state index in [0.717, 1.165) is 47.7 Å². The molecule has 0 atom stereocenters. The summed E-state index contributed by atoms with van der Waals surface area (Å²) in [5, 5.41) is 4.09. The minimum absolute atomic E-state index is 0.0112. The van der Waals surface area contributed by atoms with Crippen LogP contribution in [0.25, 0.3) is 22.3 Å². The third-order valence-electron chi connectivity index (χ3n) is 5.29. The normalized spacial score (nSPS) is 14.5. The molecule has 1 N–H and O–H groups in total. The molecule has 28 heavy (non-hydrogen) atoms. The van der Waals surface area contributed by atoms with Crippen LogP contribution in [-0.2, 0) is 11.3 Å². The number of benzene rings is 1. The Labute approximate surface area is 165 Å². The van der Waals surface area contributed by atoms with E-state index in [9.17, 15) is 4.79 Å². The molecule has 6 nitrogen and oxygen atoms in total. The van der Waals surface area contributed by atoms with E-state index in [1.807, 2.05) is 41.0 Å². The fourth-order valence-electron chi connectivity index (χ4n) is 3.81. The number of methoxy groups -OCH3 is 1. The van der Waals surface area contributed by atoms with Crippen molar-refractivity contribution in [3.8, 4) is 17.0 Å². The SMILES string of the molecule is COc1ccc(-c2cc3cccnc3n2CC(=O)NCCN2CCCC2)cc1. The lowest BCUT2D eigenvalue weighted by Crippen LogP contribution is -2.35. The van der Waals surface area contributed by atoms with E-state index >= 15 is 0 Å². The van der Waals surface area contributed by atoms with Crippen LogP contribution in [-0.4, -0.2) is 53.6 Å². The fourth-order valence-corrected chi connectivity index (χ4v) is 3.81. The lowest BCUT2D eigenvalue weighted by Gasteiger charge is -2.15. The second-order valence-corrected chi connectivity index (χ2v) is 7.16. The summed E-state index contributed by atoms with van der Waals surface area (Å²) in [4.78, 5) is 19.5. The fraction of sp³-hybridized carbons (Fsp3) is 0.364. The molecule has 1 aliphatic heterocycles. The number of hydrogen-bond acceptors (Lipinski definition) is 4. The monoisotopic (exact) mass is 378 g/mol. The summed E-state index contributed by atoms with van der Waals surface area (Å²) in [6.07, 6.45) is 4.29. The summed E-state index contributed by atoms with van der Waals surface area (Å²) >= 11 is 0. The highest BCUT2D eigenvalue weighted by atomic mass is 16.5. The molecule has 1 aliphatic rings. The van der Waals surface area contributed by atoms with Gasteiger partial charge in [0.1, 0.15) is 17.9 Å². The van der Waals surface area contributed by atoms with Crippen molar-refractivity contribution in [2.24, 2.45) is 0 Å². The molecule has 3 aromatic rings. The number of rotatable bonds is 7. The van der Waals surface area contributed by atoms with Crippen LogP contribution in [0.3, 0.4) is 0 Å². The van der Waals surface area contributed by atoms with Crippen LogP contribution in [0.4, 0.5) is 0 Å². The topological polar surface area (TPSA) is 59.4 Å². The van der Waals surface area contributed by atoms with Gasteiger partial charge in [0.2, 0.25) is 5.91 Å². The molecule has 1 amide bonds. The Morgan fingerprint density at radius 3 is 2.71 bits per heavy atom. The molecular weight excluding hydrogens is 352 g/mol. The standard InChI is InChI=1S/C22H26N4O2/c1-28-19-8-6-17(7-9-19)20-15-18-5-4-10-24-22(18)26(20)16-21(27)23-11-14-25-12-2-3-13-25/h4-10,15H,2-3,11-14,16H2,1H3,(H,23,27). The molecule has 1 aromatic carbocycles. The number of carbonyl (C=O) groups is 1. The Balaban J connectivity index is 1.53. The van der Waals surface area contributed by atoms with Gasteiger partial charge in [0.15, 0.2) is 0 Å². The Kier molecular flexibility index (Phi) is 5.58. The highest BCUT2D eigenvalue weighted by Crippen LogP contribution is 2.28. The van der Waals surface area contributed by atoms with Crippen LogP contribution in [0, 0.1) is 0 Å². The first-order chi connectivity index (χ1) is 13.7. The van der Waals surface area contributed by atoms with E-state index in [0.29, 0.717) is 6.54 Å². The molecule has 1 fully saturated rings. The number of amides is 1. The molecule has 3 heterocycles. The molecule has 0 saturated carbocycles. The van der Waals surface area contributed by atoms with Crippen molar-refractivity contribution in [2.45, 2.75) is 19.4 Å². The van der Waals surface area contributed by atoms with Crippen molar-refractivity contribution >= 4 is 16.9 Å². The van der Waals surface area contributed by atoms with Gasteiger partial charge >= 0.3 is 0 Å². The maximum absolute atomic E-state index is 12.6. The minimum atomic E-state index is 0.0112. The van der Waals surface area contributed by atoms with Gasteiger partial charge in [-0.25, -0.2) is 4.98 Å². The predicted octanol–water partition coefficient (Wildman–Crippen LogP) is 2.92. The molecule has 6 heteroatoms. The van der Waals surface area contributed by atoms with Crippen LogP contribution < -0.4 is 10.1 Å². The van der Waals surface area contributed by atoms with Gasteiger partial charge in [0, 0.05) is 24.7 Å². The van der Waals surface area contributed by atoms with E-state index < -0.39 is 0 Å². The number of fused-ring (bicyclic) bond motifs is 1. The average molecular weight is 378 g/mol. The Hall–Kier alpha value is -2.86. The molecular formula is C22H26N4O2. The Morgan fingerprint density at radius 2 is 1.96 bits per heavy atom. The molecule has 0 spiro atoms. The zero-order valence-corrected chi connectivity index (χ0v) is 16.2. The zero-order valence-electron chi connectivity index (χ0n) is 16.2. The van der Waals surface area contributed by atoms with E-state index in [4.69, 9.17) is 4.74 Å². The number of nitrogens with zero attached hydrogens (tertiary/aromatic N) is 3. The van der Waals surface area contributed by atoms with Crippen LogP contribution in [0.5, 0.6) is 5.75 Å². The van der Waals surface area contributed by atoms with Crippen molar-refractivity contribution in [2.75, 3.05) is 33.3 Å². The summed E-state index contributed by atoms with van der Waals surface area (Å²) in [5.41, 5.74) is 2.83. The van der Waals surface area contributed by atoms with Gasteiger partial charge in [-0.2, -0.15) is 0 Å². The summed E-state index contributed by atoms with van der Waals surface area (Å²) in [6, 6.07) is 13.9. The molecule has 1 saturated heterocycles. The molecule has 4 rings (SSSR count). The highest BCUT2D eigenvalue weighted by molar-refractivity contribution is 5.87. The molecule has 0 aliphatic carbocycles. The average Bonchev–Trinajstić information content (AvgIpc) is 3.36. The lowest BCUT2D eigenvalue weighted by atomic mass is 10.1. The summed E-state index contributed by atoms with van der Waals surface area (Å²) < 4.78 is 7.25. The number of likely N-dealkylation sites (tertiary alicyclic amines) is 1. The largest absolute Gasteiger partial charge is 0.497 e. The molecule has 2 aromatic heterocycles. The number of carbonyl (C=O) groups excluding carboxylic acids is 1. The number of ether oxygens (including phenoxy) is 1. The van der Waals surface area contributed by atoms with Gasteiger partial charge in [0.05, 0.1) is 12.8 Å². The van der Waals surface area contributed by atoms with E-state index in [2.05, 4.69) is 21.3 Å². The first kappa shape index (κ1) is 18.5. The smallest absolute Gasteiger partial charge is 0.240 e. The van der Waals surface area contributed by atoms with Crippen molar-refractivity contribution in [1.82, 2.24) is 19.8 Å². The zero-order chi connectivity index (χ0) is 19.3. The summed E-state index contributed by atoms with van der Waals surface area (Å²) in [6.45, 7) is 4.14. The van der Waals surface area contributed by atoms with Gasteiger partial charge in [0.25, 0.3) is 0 Å². The van der Waals surface area contributed by atoms with Gasteiger partial charge in [-0.15, -0.1) is 0 Å². The van der Waals surface area contributed by atoms with Gasteiger partial charge in [-0.1, -0.05) is 0 Å². The summed E-state index contributed by atoms with van der Waals surface area (Å²) in [5.74, 6) is 0.821. The maximum Gasteiger partial charge on any atom is 0.240 e. The van der Waals surface area contributed by atoms with E-state index in [-0.39, 0.29) is 12.5 Å². The summed E-state index contributed by atoms with van der Waals surface area (Å²) in [7, 11) is 1.66. The van der Waals surface area contributed by atoms with Crippen LogP contribution >= 0.6 is 0 Å². The minimum Gasteiger partial charge on any atom is -0.497 e. The number of hydrogen-bond donors (Lipinski definition) is 1. The maximum atomic E-state index is 12.6. The van der Waals surface area contributed by atoms with Crippen LogP contribution in [0.1, 0.15) is 12.8 Å². The van der Waals surface area contributed by atoms with Gasteiger partial charge < -0.3 is 19.5 Å². The van der Waals surface area contributed by atoms with Gasteiger partial charge in [-0.05, 0) is 74.0 Å². The predicted molar refractivity (Wildman–Crippen MR) is 110 cm³/mol. The number of nitrogens with one attached hydrogen (secondary N) is 1. The van der Waals surface area contributed by atoms with Crippen molar-refractivity contribution < 1.29 is 9.53 Å². The van der Waals surface area contributed by atoms with Crippen molar-refractivity contribution in [3.63, 3.8) is 0 Å². The molecule has 146 valence electrons. The van der Waals surface area contributed by atoms with Crippen LogP contribution in [0.15, 0.2) is 48.7 Å². The molecule has 0 unspecified atom stereocenters. The number of aromatic nitrogens is 2. The number of pyridine rings is 1. The first-order valence-electron chi connectivity index (χ1n) is 9.82. The van der Waals surface area contributed by atoms with E-state index in [1.165, 1.54) is 12.8 Å². The second-order valence-electron chi connectivity index (χ2n) is 7.16. The highest BCUT2D eigenvalue weighted by Gasteiger charge is 2.15.